The Morgan fingerprint density at radius 1 is 1.04 bits per heavy atom. The Morgan fingerprint density at radius 3 is 2.67 bits per heavy atom. The van der Waals surface area contributed by atoms with Crippen molar-refractivity contribution in [1.29, 1.82) is 0 Å². The largest absolute Gasteiger partial charge is 0.493 e. The van der Waals surface area contributed by atoms with Gasteiger partial charge in [0.15, 0.2) is 11.6 Å². The molecular weight excluding hydrogens is 678 g/mol. The number of benzene rings is 2. The fourth-order valence-corrected chi connectivity index (χ4v) is 9.07. The van der Waals surface area contributed by atoms with Crippen molar-refractivity contribution < 1.29 is 27.1 Å². The third kappa shape index (κ3) is 5.16. The highest BCUT2D eigenvalue weighted by Crippen LogP contribution is 2.51. The van der Waals surface area contributed by atoms with Crippen molar-refractivity contribution in [2.24, 2.45) is 0 Å². The smallest absolute Gasteiger partial charge is 0.257 e. The first kappa shape index (κ1) is 31.7. The molecule has 0 bridgehead atoms. The molecule has 1 amide bonds. The van der Waals surface area contributed by atoms with Gasteiger partial charge < -0.3 is 19.4 Å². The molecule has 1 saturated heterocycles. The number of hydrogen-bond donors (Lipinski definition) is 1. The van der Waals surface area contributed by atoms with Gasteiger partial charge in [-0.15, -0.1) is 21.5 Å². The normalized spacial score (nSPS) is 17.7. The van der Waals surface area contributed by atoms with E-state index >= 15 is 0 Å². The topological polar surface area (TPSA) is 106 Å². The van der Waals surface area contributed by atoms with Gasteiger partial charge in [-0.1, -0.05) is 12.1 Å². The maximum atomic E-state index is 14.6. The Labute approximate surface area is 294 Å². The first-order valence-electron chi connectivity index (χ1n) is 16.9. The summed E-state index contributed by atoms with van der Waals surface area (Å²) in [4.78, 5) is 26.8. The molecule has 6 heterocycles. The third-order valence-electron chi connectivity index (χ3n) is 10.2. The minimum absolute atomic E-state index is 0.0605. The average Bonchev–Trinajstić information content (AvgIpc) is 3.97. The summed E-state index contributed by atoms with van der Waals surface area (Å²) in [5, 5.41) is 13.0. The van der Waals surface area contributed by atoms with Crippen LogP contribution in [0.2, 0.25) is 0 Å². The van der Waals surface area contributed by atoms with Gasteiger partial charge in [0.25, 0.3) is 5.91 Å². The van der Waals surface area contributed by atoms with Crippen molar-refractivity contribution in [2.75, 3.05) is 19.0 Å². The van der Waals surface area contributed by atoms with Crippen molar-refractivity contribution in [3.8, 4) is 27.6 Å². The van der Waals surface area contributed by atoms with E-state index in [0.717, 1.165) is 44.8 Å². The lowest BCUT2D eigenvalue weighted by atomic mass is 9.93. The van der Waals surface area contributed by atoms with E-state index in [1.165, 1.54) is 36.6 Å². The van der Waals surface area contributed by atoms with Crippen LogP contribution in [0.5, 0.6) is 5.75 Å². The molecule has 0 saturated carbocycles. The molecule has 1 fully saturated rings. The number of carbonyl (C=O) groups excluding carboxylic acids is 1. The van der Waals surface area contributed by atoms with E-state index in [9.17, 15) is 18.0 Å². The van der Waals surface area contributed by atoms with Crippen LogP contribution < -0.4 is 10.1 Å². The fraction of sp³-hybridized carbons (Fsp3) is 0.289. The summed E-state index contributed by atoms with van der Waals surface area (Å²) in [5.74, 6) is -1.13. The van der Waals surface area contributed by atoms with Crippen molar-refractivity contribution in [1.82, 2.24) is 25.1 Å². The number of pyridine rings is 2. The molecular formula is C38H31F3N6O3S. The number of aryl methyl sites for hydroxylation is 3. The van der Waals surface area contributed by atoms with Crippen LogP contribution in [-0.4, -0.2) is 44.6 Å². The van der Waals surface area contributed by atoms with Crippen molar-refractivity contribution >= 4 is 33.1 Å². The summed E-state index contributed by atoms with van der Waals surface area (Å²) in [6.07, 6.45) is 5.63. The minimum atomic E-state index is -0.982. The molecule has 3 aliphatic rings. The lowest BCUT2D eigenvalue weighted by Crippen LogP contribution is -2.22. The number of hydrogen-bond acceptors (Lipinski definition) is 9. The molecule has 258 valence electrons. The predicted octanol–water partition coefficient (Wildman–Crippen LogP) is 8.32. The molecule has 6 aromatic rings. The summed E-state index contributed by atoms with van der Waals surface area (Å²) in [7, 11) is 1.34. The molecule has 4 aromatic heterocycles. The van der Waals surface area contributed by atoms with Crippen LogP contribution in [0.4, 0.5) is 19.0 Å². The van der Waals surface area contributed by atoms with E-state index in [0.29, 0.717) is 71.8 Å². The number of nitrogens with one attached hydrogen (secondary N) is 1. The molecule has 0 radical (unpaired) electrons. The second-order valence-corrected chi connectivity index (χ2v) is 14.2. The monoisotopic (exact) mass is 708 g/mol. The highest BCUT2D eigenvalue weighted by molar-refractivity contribution is 7.23. The summed E-state index contributed by atoms with van der Waals surface area (Å²) < 4.78 is 55.0. The number of carbonyl (C=O) groups is 1. The minimum Gasteiger partial charge on any atom is -0.493 e. The van der Waals surface area contributed by atoms with Crippen LogP contribution in [0.1, 0.15) is 75.7 Å². The Balaban J connectivity index is 1.19. The first-order valence-corrected chi connectivity index (χ1v) is 17.7. The molecule has 9 rings (SSSR count). The average molecular weight is 709 g/mol. The number of aromatic nitrogens is 4. The quantitative estimate of drug-likeness (QED) is 0.168. The first-order chi connectivity index (χ1) is 24.8. The molecule has 2 aliphatic heterocycles. The zero-order valence-electron chi connectivity index (χ0n) is 27.7. The molecule has 2 atom stereocenters. The summed E-state index contributed by atoms with van der Waals surface area (Å²) in [6.45, 7) is 2.37. The predicted molar refractivity (Wildman–Crippen MR) is 185 cm³/mol. The summed E-state index contributed by atoms with van der Waals surface area (Å²) in [5.41, 5.74) is 5.54. The number of rotatable bonds is 8. The Hall–Kier alpha value is -5.30. The molecule has 1 aliphatic carbocycles. The number of ether oxygens (including phenoxy) is 1. The summed E-state index contributed by atoms with van der Waals surface area (Å²) in [6, 6.07) is 11.2. The second kappa shape index (κ2) is 12.2. The van der Waals surface area contributed by atoms with Crippen molar-refractivity contribution in [3.63, 3.8) is 0 Å². The zero-order chi connectivity index (χ0) is 35.0. The van der Waals surface area contributed by atoms with Gasteiger partial charge in [-0.2, -0.15) is 4.39 Å². The number of amides is 1. The van der Waals surface area contributed by atoms with E-state index in [-0.39, 0.29) is 35.4 Å². The highest BCUT2D eigenvalue weighted by Gasteiger charge is 2.45. The maximum absolute atomic E-state index is 14.6. The Kier molecular flexibility index (Phi) is 7.57. The molecule has 1 unspecified atom stereocenters. The van der Waals surface area contributed by atoms with Crippen LogP contribution in [-0.2, 0) is 19.3 Å². The lowest BCUT2D eigenvalue weighted by molar-refractivity contribution is 0.0776. The van der Waals surface area contributed by atoms with Gasteiger partial charge in [-0.05, 0) is 85.4 Å². The van der Waals surface area contributed by atoms with Crippen LogP contribution in [0.3, 0.4) is 0 Å². The van der Waals surface area contributed by atoms with E-state index in [1.807, 2.05) is 17.0 Å². The number of nitrogens with zero attached hydrogens (tertiary/aromatic N) is 5. The van der Waals surface area contributed by atoms with Crippen LogP contribution in [0.25, 0.3) is 32.0 Å². The van der Waals surface area contributed by atoms with Crippen molar-refractivity contribution in [3.05, 3.63) is 106 Å². The molecule has 0 spiro atoms. The highest BCUT2D eigenvalue weighted by atomic mass is 32.1. The van der Waals surface area contributed by atoms with Gasteiger partial charge in [-0.25, -0.2) is 13.8 Å². The van der Waals surface area contributed by atoms with E-state index in [4.69, 9.17) is 14.1 Å². The van der Waals surface area contributed by atoms with Gasteiger partial charge in [0.2, 0.25) is 17.6 Å². The van der Waals surface area contributed by atoms with E-state index in [2.05, 4.69) is 20.5 Å². The third-order valence-corrected chi connectivity index (χ3v) is 11.4. The fourth-order valence-electron chi connectivity index (χ4n) is 7.91. The van der Waals surface area contributed by atoms with Crippen LogP contribution in [0, 0.1) is 24.4 Å². The number of thiophene rings is 1. The van der Waals surface area contributed by atoms with Gasteiger partial charge in [-0.3, -0.25) is 9.78 Å². The molecule has 1 N–H and O–H groups in total. The maximum Gasteiger partial charge on any atom is 0.257 e. The molecule has 13 heteroatoms. The second-order valence-electron chi connectivity index (χ2n) is 13.2. The number of anilines is 1. The molecule has 9 nitrogen and oxygen atoms in total. The van der Waals surface area contributed by atoms with E-state index < -0.39 is 11.6 Å². The summed E-state index contributed by atoms with van der Waals surface area (Å²) >= 11 is 1.48. The molecule has 2 aromatic carbocycles. The van der Waals surface area contributed by atoms with E-state index in [1.54, 1.807) is 25.3 Å². The number of halogens is 3. The van der Waals surface area contributed by atoms with Gasteiger partial charge >= 0.3 is 0 Å². The molecule has 51 heavy (non-hydrogen) atoms. The van der Waals surface area contributed by atoms with Gasteiger partial charge in [0, 0.05) is 35.7 Å². The number of fused-ring (bicyclic) bond motifs is 5. The lowest BCUT2D eigenvalue weighted by Gasteiger charge is -2.17. The number of methoxy groups -OCH3 is 1. The zero-order valence-corrected chi connectivity index (χ0v) is 28.5. The van der Waals surface area contributed by atoms with Crippen LogP contribution in [0.15, 0.2) is 53.1 Å². The Bertz CT molecular complexity index is 2380. The van der Waals surface area contributed by atoms with Crippen molar-refractivity contribution in [2.45, 2.75) is 57.5 Å². The SMILES string of the molecule is COc1c(F)c(F)cc2c1CC[C@@H]2Nc1nccc2cc(-c3c4c(nc(CCc5ccc(F)cc5)c3-c3nnc(C)o3)C3CCCN3C4=O)sc12. The van der Waals surface area contributed by atoms with Gasteiger partial charge in [0.1, 0.15) is 11.6 Å². The Morgan fingerprint density at radius 2 is 1.88 bits per heavy atom. The standard InChI is InChI=1S/C38H31F3N6O3S/c1-18-45-46-37(50-18)29-26(11-7-19-5-8-21(39)9-6-19)43-33-27-4-3-15-47(27)38(48)31(33)30(29)28-16-20-13-14-42-36(35(20)51-28)44-25-12-10-22-23(25)17-24(40)32(41)34(22)49-2/h5-6,8-9,13-14,16-17,25,27H,3-4,7,10-12,15H2,1-2H3,(H,42,44)/t25-,27?/m0/s1. The van der Waals surface area contributed by atoms with Crippen LogP contribution >= 0.6 is 11.3 Å². The van der Waals surface area contributed by atoms with Gasteiger partial charge in [0.05, 0.1) is 46.4 Å².